The molecule has 0 atom stereocenters. The molecule has 0 radical (unpaired) electrons. The standard InChI is InChI=1S/C36H56N2O2/c1-6-7-8-17-21-32-24-27-38(28-25-32)26-18-15-13-11-9-10-12-14-16-19-29-40-35(39)37-36(4,5)34-23-20-22-33(30-34)31(2)3/h20,22-25,27-28,30H,2,6-19,21,26,29H2,1,3-5H3/p+1. The molecule has 0 spiro atoms. The molecule has 222 valence electrons. The van der Waals surface area contributed by atoms with Crippen LogP contribution in [0.2, 0.25) is 0 Å². The number of pyridine rings is 1. The van der Waals surface area contributed by atoms with E-state index in [9.17, 15) is 4.79 Å². The molecule has 1 amide bonds. The Bertz CT molecular complexity index is 981. The van der Waals surface area contributed by atoms with Gasteiger partial charge in [-0.25, -0.2) is 9.36 Å². The predicted octanol–water partition coefficient (Wildman–Crippen LogP) is 9.69. The number of ether oxygens (including phenoxy) is 1. The Hall–Kier alpha value is -2.62. The monoisotopic (exact) mass is 549 g/mol. The number of carbonyl (C=O) groups excluding carboxylic acids is 1. The lowest BCUT2D eigenvalue weighted by Gasteiger charge is -2.27. The summed E-state index contributed by atoms with van der Waals surface area (Å²) < 4.78 is 7.79. The number of alkyl carbamates (subject to hydrolysis) is 1. The molecule has 0 saturated carbocycles. The van der Waals surface area contributed by atoms with Crippen molar-refractivity contribution in [2.24, 2.45) is 0 Å². The van der Waals surface area contributed by atoms with Gasteiger partial charge < -0.3 is 10.1 Å². The second-order valence-electron chi connectivity index (χ2n) is 12.0. The molecule has 2 aromatic rings. The van der Waals surface area contributed by atoms with Crippen molar-refractivity contribution >= 4 is 11.7 Å². The third-order valence-corrected chi connectivity index (χ3v) is 7.81. The smallest absolute Gasteiger partial charge is 0.407 e. The van der Waals surface area contributed by atoms with Crippen LogP contribution in [0.1, 0.15) is 134 Å². The number of benzene rings is 1. The molecule has 2 rings (SSSR count). The van der Waals surface area contributed by atoms with Crippen molar-refractivity contribution in [3.63, 3.8) is 0 Å². The van der Waals surface area contributed by atoms with E-state index in [2.05, 4.69) is 54.0 Å². The van der Waals surface area contributed by atoms with E-state index in [-0.39, 0.29) is 6.09 Å². The van der Waals surface area contributed by atoms with Crippen molar-refractivity contribution < 1.29 is 14.1 Å². The Morgan fingerprint density at radius 1 is 0.850 bits per heavy atom. The van der Waals surface area contributed by atoms with Crippen molar-refractivity contribution in [1.82, 2.24) is 5.32 Å². The fourth-order valence-corrected chi connectivity index (χ4v) is 5.07. The third-order valence-electron chi connectivity index (χ3n) is 7.81. The summed E-state index contributed by atoms with van der Waals surface area (Å²) in [7, 11) is 0. The van der Waals surface area contributed by atoms with Gasteiger partial charge in [0.25, 0.3) is 0 Å². The van der Waals surface area contributed by atoms with Crippen LogP contribution in [0.5, 0.6) is 0 Å². The van der Waals surface area contributed by atoms with Gasteiger partial charge in [-0.1, -0.05) is 101 Å². The lowest BCUT2D eigenvalue weighted by Crippen LogP contribution is -2.41. The largest absolute Gasteiger partial charge is 0.450 e. The summed E-state index contributed by atoms with van der Waals surface area (Å²) in [6.07, 6.45) is 23.2. The first-order valence-electron chi connectivity index (χ1n) is 16.0. The van der Waals surface area contributed by atoms with Crippen LogP contribution in [-0.2, 0) is 23.2 Å². The molecule has 0 aliphatic heterocycles. The summed E-state index contributed by atoms with van der Waals surface area (Å²) in [5.74, 6) is 0. The molecule has 4 heteroatoms. The topological polar surface area (TPSA) is 42.2 Å². The Kier molecular flexibility index (Phi) is 16.3. The lowest BCUT2D eigenvalue weighted by molar-refractivity contribution is -0.697. The molecule has 40 heavy (non-hydrogen) atoms. The van der Waals surface area contributed by atoms with Gasteiger partial charge in [0.1, 0.15) is 6.54 Å². The summed E-state index contributed by atoms with van der Waals surface area (Å²) in [5, 5.41) is 3.01. The van der Waals surface area contributed by atoms with Gasteiger partial charge in [-0.05, 0) is 69.2 Å². The molecule has 0 unspecified atom stereocenters. The average Bonchev–Trinajstić information content (AvgIpc) is 2.94. The molecule has 0 aliphatic rings. The van der Waals surface area contributed by atoms with Crippen molar-refractivity contribution in [3.8, 4) is 0 Å². The van der Waals surface area contributed by atoms with Gasteiger partial charge in [-0.2, -0.15) is 0 Å². The highest BCUT2D eigenvalue weighted by molar-refractivity contribution is 5.69. The van der Waals surface area contributed by atoms with E-state index in [1.807, 2.05) is 39.0 Å². The lowest BCUT2D eigenvalue weighted by atomic mass is 9.92. The van der Waals surface area contributed by atoms with Gasteiger partial charge in [0.2, 0.25) is 0 Å². The van der Waals surface area contributed by atoms with Crippen molar-refractivity contribution in [2.45, 2.75) is 136 Å². The molecule has 1 heterocycles. The maximum Gasteiger partial charge on any atom is 0.407 e. The van der Waals surface area contributed by atoms with Crippen LogP contribution in [-0.4, -0.2) is 12.7 Å². The molecule has 1 aromatic heterocycles. The van der Waals surface area contributed by atoms with Crippen molar-refractivity contribution in [3.05, 3.63) is 72.1 Å². The van der Waals surface area contributed by atoms with Crippen molar-refractivity contribution in [2.75, 3.05) is 6.61 Å². The van der Waals surface area contributed by atoms with Crippen LogP contribution in [0.4, 0.5) is 4.79 Å². The van der Waals surface area contributed by atoms with E-state index in [1.54, 1.807) is 0 Å². The normalized spacial score (nSPS) is 11.4. The second kappa shape index (κ2) is 19.5. The highest BCUT2D eigenvalue weighted by atomic mass is 16.5. The van der Waals surface area contributed by atoms with Gasteiger partial charge in [0.15, 0.2) is 12.4 Å². The quantitative estimate of drug-likeness (QED) is 0.124. The first-order chi connectivity index (χ1) is 19.3. The number of allylic oxidation sites excluding steroid dienone is 1. The highest BCUT2D eigenvalue weighted by Crippen LogP contribution is 2.23. The van der Waals surface area contributed by atoms with Crippen LogP contribution in [0.15, 0.2) is 55.4 Å². The Morgan fingerprint density at radius 2 is 1.45 bits per heavy atom. The number of rotatable bonds is 21. The number of aryl methyl sites for hydroxylation is 2. The first-order valence-corrected chi connectivity index (χ1v) is 16.0. The zero-order chi connectivity index (χ0) is 29.1. The number of nitrogens with zero attached hydrogens (tertiary/aromatic N) is 1. The summed E-state index contributed by atoms with van der Waals surface area (Å²) in [6.45, 7) is 13.9. The van der Waals surface area contributed by atoms with Crippen LogP contribution in [0.25, 0.3) is 5.57 Å². The van der Waals surface area contributed by atoms with Gasteiger partial charge in [-0.15, -0.1) is 0 Å². The van der Waals surface area contributed by atoms with E-state index >= 15 is 0 Å². The number of unbranched alkanes of at least 4 members (excludes halogenated alkanes) is 12. The second-order valence-corrected chi connectivity index (χ2v) is 12.0. The predicted molar refractivity (Wildman–Crippen MR) is 169 cm³/mol. The third kappa shape index (κ3) is 14.1. The fraction of sp³-hybridized carbons (Fsp3) is 0.611. The van der Waals surface area contributed by atoms with Crippen molar-refractivity contribution in [1.29, 1.82) is 0 Å². The molecule has 0 saturated heterocycles. The molecule has 0 bridgehead atoms. The maximum absolute atomic E-state index is 12.3. The van der Waals surface area contributed by atoms with E-state index in [4.69, 9.17) is 4.74 Å². The number of nitrogens with one attached hydrogen (secondary N) is 1. The molecule has 0 fully saturated rings. The number of aromatic nitrogens is 1. The summed E-state index contributed by atoms with van der Waals surface area (Å²) in [5.41, 5.74) is 4.12. The van der Waals surface area contributed by atoms with Gasteiger partial charge in [0, 0.05) is 18.6 Å². The zero-order valence-corrected chi connectivity index (χ0v) is 26.1. The Labute approximate surface area is 245 Å². The molecule has 0 aliphatic carbocycles. The fourth-order valence-electron chi connectivity index (χ4n) is 5.07. The number of hydrogen-bond donors (Lipinski definition) is 1. The minimum atomic E-state index is -0.500. The van der Waals surface area contributed by atoms with E-state index in [0.717, 1.165) is 36.1 Å². The number of hydrogen-bond acceptors (Lipinski definition) is 2. The number of amides is 1. The minimum Gasteiger partial charge on any atom is -0.450 e. The molecule has 1 aromatic carbocycles. The summed E-state index contributed by atoms with van der Waals surface area (Å²) in [4.78, 5) is 12.3. The number of carbonyl (C=O) groups is 1. The minimum absolute atomic E-state index is 0.348. The van der Waals surface area contributed by atoms with Gasteiger partial charge >= 0.3 is 6.09 Å². The summed E-state index contributed by atoms with van der Waals surface area (Å²) >= 11 is 0. The first kappa shape index (κ1) is 33.6. The van der Waals surface area contributed by atoms with Crippen LogP contribution in [0, 0.1) is 0 Å². The molecule has 4 nitrogen and oxygen atoms in total. The van der Waals surface area contributed by atoms with Gasteiger partial charge in [0.05, 0.1) is 12.1 Å². The average molecular weight is 550 g/mol. The van der Waals surface area contributed by atoms with Gasteiger partial charge in [-0.3, -0.25) is 0 Å². The highest BCUT2D eigenvalue weighted by Gasteiger charge is 2.23. The van der Waals surface area contributed by atoms with E-state index in [1.165, 1.54) is 89.0 Å². The SMILES string of the molecule is C=C(C)c1cccc(C(C)(C)NC(=O)OCCCCCCCCCCCC[n+]2ccc(CCCCCC)cc2)c1. The zero-order valence-electron chi connectivity index (χ0n) is 26.1. The Morgan fingerprint density at radius 3 is 2.08 bits per heavy atom. The van der Waals surface area contributed by atoms with E-state index < -0.39 is 5.54 Å². The maximum atomic E-state index is 12.3. The summed E-state index contributed by atoms with van der Waals surface area (Å²) in [6, 6.07) is 12.8. The Balaban J connectivity index is 1.42. The van der Waals surface area contributed by atoms with Crippen LogP contribution in [0.3, 0.4) is 0 Å². The van der Waals surface area contributed by atoms with Crippen LogP contribution >= 0.6 is 0 Å². The molecular weight excluding hydrogens is 492 g/mol. The van der Waals surface area contributed by atoms with E-state index in [0.29, 0.717) is 6.61 Å². The van der Waals surface area contributed by atoms with Crippen LogP contribution < -0.4 is 9.88 Å². The molecular formula is C36H57N2O2+. The molecule has 1 N–H and O–H groups in total.